The van der Waals surface area contributed by atoms with Crippen LogP contribution in [0.2, 0.25) is 0 Å². The largest absolute Gasteiger partial charge is 0.299 e. The van der Waals surface area contributed by atoms with Crippen LogP contribution in [-0.4, -0.2) is 6.29 Å². The van der Waals surface area contributed by atoms with Gasteiger partial charge in [-0.25, -0.2) is 0 Å². The highest BCUT2D eigenvalue weighted by atomic mass is 16.1. The maximum Gasteiger partial charge on any atom is 0.142 e. The van der Waals surface area contributed by atoms with Gasteiger partial charge in [0.15, 0.2) is 0 Å². The third-order valence-electron chi connectivity index (χ3n) is 4.80. The summed E-state index contributed by atoms with van der Waals surface area (Å²) in [6.07, 6.45) is 7.32. The van der Waals surface area contributed by atoms with Crippen molar-refractivity contribution in [1.82, 2.24) is 0 Å². The highest BCUT2D eigenvalue weighted by Gasteiger charge is 2.49. The Balaban J connectivity index is 2.40. The Kier molecular flexibility index (Phi) is 2.81. The molecule has 16 heavy (non-hydrogen) atoms. The quantitative estimate of drug-likeness (QED) is 0.392. The Morgan fingerprint density at radius 2 is 2.00 bits per heavy atom. The highest BCUT2D eigenvalue weighted by molar-refractivity contribution is 5.65. The fourth-order valence-corrected chi connectivity index (χ4v) is 4.01. The molecule has 3 atom stereocenters. The first-order valence-electron chi connectivity index (χ1n) is 6.32. The van der Waals surface area contributed by atoms with Gasteiger partial charge in [0.25, 0.3) is 0 Å². The molecule has 0 radical (unpaired) electrons. The number of fused-ring (bicyclic) bond motifs is 1. The third kappa shape index (κ3) is 1.49. The van der Waals surface area contributed by atoms with Crippen molar-refractivity contribution in [1.29, 1.82) is 0 Å². The van der Waals surface area contributed by atoms with E-state index in [0.717, 1.165) is 18.1 Å². The summed E-state index contributed by atoms with van der Waals surface area (Å²) in [5.74, 6) is 1.95. The SMILES string of the molecule is CC1=C2[C@H](C)CC[C@H]2C(C)(C)[C@@H]1/C=C\C=O. The molecule has 0 aromatic carbocycles. The minimum atomic E-state index is 0.295. The van der Waals surface area contributed by atoms with E-state index >= 15 is 0 Å². The Morgan fingerprint density at radius 1 is 1.31 bits per heavy atom. The van der Waals surface area contributed by atoms with Gasteiger partial charge in [-0.3, -0.25) is 4.79 Å². The van der Waals surface area contributed by atoms with Crippen LogP contribution in [0.25, 0.3) is 0 Å². The first kappa shape index (κ1) is 11.6. The number of hydrogen-bond donors (Lipinski definition) is 0. The number of allylic oxidation sites excluding steroid dienone is 4. The van der Waals surface area contributed by atoms with Gasteiger partial charge in [0.1, 0.15) is 6.29 Å². The molecule has 0 spiro atoms. The monoisotopic (exact) mass is 218 g/mol. The standard InChI is InChI=1S/C15H22O/c1-10-7-8-13-14(10)11(2)12(6-5-9-16)15(13,3)4/h5-6,9-10,12-13H,7-8H2,1-4H3/b6-5-/t10-,12-,13-/m1/s1. The lowest BCUT2D eigenvalue weighted by Gasteiger charge is -2.32. The average molecular weight is 218 g/mol. The van der Waals surface area contributed by atoms with Gasteiger partial charge in [-0.2, -0.15) is 0 Å². The van der Waals surface area contributed by atoms with E-state index in [2.05, 4.69) is 33.8 Å². The van der Waals surface area contributed by atoms with Gasteiger partial charge in [0.05, 0.1) is 0 Å². The summed E-state index contributed by atoms with van der Waals surface area (Å²) in [7, 11) is 0. The van der Waals surface area contributed by atoms with Crippen LogP contribution >= 0.6 is 0 Å². The first-order chi connectivity index (χ1) is 7.50. The van der Waals surface area contributed by atoms with Crippen LogP contribution in [0.15, 0.2) is 23.3 Å². The van der Waals surface area contributed by atoms with E-state index in [0.29, 0.717) is 11.3 Å². The molecule has 0 heterocycles. The second-order valence-corrected chi connectivity index (χ2v) is 5.99. The summed E-state index contributed by atoms with van der Waals surface area (Å²) in [6.45, 7) is 9.32. The number of aldehydes is 1. The number of carbonyl (C=O) groups excluding carboxylic acids is 1. The summed E-state index contributed by atoms with van der Waals surface area (Å²) in [6, 6.07) is 0. The van der Waals surface area contributed by atoms with E-state index < -0.39 is 0 Å². The molecule has 1 nitrogen and oxygen atoms in total. The maximum absolute atomic E-state index is 10.5. The Hall–Kier alpha value is -0.850. The maximum atomic E-state index is 10.5. The lowest BCUT2D eigenvalue weighted by Crippen LogP contribution is -2.25. The summed E-state index contributed by atoms with van der Waals surface area (Å²) in [4.78, 5) is 10.5. The molecule has 0 aliphatic heterocycles. The smallest absolute Gasteiger partial charge is 0.142 e. The fraction of sp³-hybridized carbons (Fsp3) is 0.667. The summed E-state index contributed by atoms with van der Waals surface area (Å²) < 4.78 is 0. The molecular weight excluding hydrogens is 196 g/mol. The van der Waals surface area contributed by atoms with Gasteiger partial charge in [0, 0.05) is 5.92 Å². The molecule has 0 N–H and O–H groups in total. The van der Waals surface area contributed by atoms with E-state index in [-0.39, 0.29) is 0 Å². The van der Waals surface area contributed by atoms with Gasteiger partial charge in [-0.1, -0.05) is 38.0 Å². The van der Waals surface area contributed by atoms with Gasteiger partial charge in [-0.15, -0.1) is 0 Å². The third-order valence-corrected chi connectivity index (χ3v) is 4.80. The molecule has 0 amide bonds. The molecule has 1 fully saturated rings. The van der Waals surface area contributed by atoms with Crippen LogP contribution in [0.4, 0.5) is 0 Å². The minimum absolute atomic E-state index is 0.295. The summed E-state index contributed by atoms with van der Waals surface area (Å²) in [5, 5.41) is 0. The van der Waals surface area contributed by atoms with Crippen molar-refractivity contribution in [3.8, 4) is 0 Å². The highest BCUT2D eigenvalue weighted by Crippen LogP contribution is 2.59. The van der Waals surface area contributed by atoms with E-state index in [1.165, 1.54) is 18.4 Å². The van der Waals surface area contributed by atoms with Crippen molar-refractivity contribution in [3.63, 3.8) is 0 Å². The van der Waals surface area contributed by atoms with Gasteiger partial charge in [-0.05, 0) is 43.1 Å². The zero-order valence-corrected chi connectivity index (χ0v) is 10.8. The molecular formula is C15H22O. The predicted molar refractivity (Wildman–Crippen MR) is 67.1 cm³/mol. The van der Waals surface area contributed by atoms with E-state index in [9.17, 15) is 4.79 Å². The predicted octanol–water partition coefficient (Wildman–Crippen LogP) is 3.76. The average Bonchev–Trinajstić information content (AvgIpc) is 2.67. The molecule has 2 rings (SSSR count). The van der Waals surface area contributed by atoms with Gasteiger partial charge < -0.3 is 0 Å². The molecule has 0 aromatic heterocycles. The molecule has 2 aliphatic rings. The van der Waals surface area contributed by atoms with Crippen LogP contribution in [-0.2, 0) is 4.79 Å². The van der Waals surface area contributed by atoms with Crippen molar-refractivity contribution in [2.24, 2.45) is 23.2 Å². The van der Waals surface area contributed by atoms with E-state index in [4.69, 9.17) is 0 Å². The van der Waals surface area contributed by atoms with Crippen LogP contribution < -0.4 is 0 Å². The molecule has 0 aromatic rings. The molecule has 1 heteroatoms. The van der Waals surface area contributed by atoms with Gasteiger partial charge in [0.2, 0.25) is 0 Å². The Labute approximate surface area is 98.6 Å². The Morgan fingerprint density at radius 3 is 2.56 bits per heavy atom. The number of carbonyl (C=O) groups is 1. The molecule has 0 unspecified atom stereocenters. The summed E-state index contributed by atoms with van der Waals surface area (Å²) >= 11 is 0. The van der Waals surface area contributed by atoms with Gasteiger partial charge >= 0.3 is 0 Å². The van der Waals surface area contributed by atoms with E-state index in [1.54, 1.807) is 11.6 Å². The van der Waals surface area contributed by atoms with Crippen molar-refractivity contribution in [2.45, 2.75) is 40.5 Å². The number of hydrogen-bond acceptors (Lipinski definition) is 1. The van der Waals surface area contributed by atoms with Crippen LogP contribution in [0.3, 0.4) is 0 Å². The molecule has 1 saturated carbocycles. The van der Waals surface area contributed by atoms with Crippen molar-refractivity contribution >= 4 is 6.29 Å². The van der Waals surface area contributed by atoms with Crippen molar-refractivity contribution < 1.29 is 4.79 Å². The lowest BCUT2D eigenvalue weighted by atomic mass is 9.72. The van der Waals surface area contributed by atoms with Crippen molar-refractivity contribution in [3.05, 3.63) is 23.3 Å². The van der Waals surface area contributed by atoms with E-state index in [1.807, 2.05) is 0 Å². The topological polar surface area (TPSA) is 17.1 Å². The normalized spacial score (nSPS) is 37.1. The fourth-order valence-electron chi connectivity index (χ4n) is 4.01. The van der Waals surface area contributed by atoms with Crippen LogP contribution in [0.1, 0.15) is 40.5 Å². The van der Waals surface area contributed by atoms with Crippen LogP contribution in [0, 0.1) is 23.2 Å². The second-order valence-electron chi connectivity index (χ2n) is 5.99. The first-order valence-corrected chi connectivity index (χ1v) is 6.32. The second kappa shape index (κ2) is 3.87. The van der Waals surface area contributed by atoms with Crippen LogP contribution in [0.5, 0.6) is 0 Å². The minimum Gasteiger partial charge on any atom is -0.299 e. The van der Waals surface area contributed by atoms with Crippen molar-refractivity contribution in [2.75, 3.05) is 0 Å². The zero-order chi connectivity index (χ0) is 11.9. The Bertz CT molecular complexity index is 360. The lowest BCUT2D eigenvalue weighted by molar-refractivity contribution is -0.104. The summed E-state index contributed by atoms with van der Waals surface area (Å²) in [5.41, 5.74) is 3.51. The number of rotatable bonds is 2. The molecule has 0 saturated heterocycles. The zero-order valence-electron chi connectivity index (χ0n) is 10.8. The molecule has 88 valence electrons. The molecule has 0 bridgehead atoms. The molecule has 2 aliphatic carbocycles.